The molecule has 1 N–H and O–H groups in total. The average Bonchev–Trinajstić information content (AvgIpc) is 3.05. The van der Waals surface area contributed by atoms with Crippen LogP contribution in [0.5, 0.6) is 0 Å². The normalized spacial score (nSPS) is 12.7. The van der Waals surface area contributed by atoms with Gasteiger partial charge in [-0.25, -0.2) is 9.97 Å². The predicted molar refractivity (Wildman–Crippen MR) is 72.6 cm³/mol. The molecule has 6 heteroatoms. The lowest BCUT2D eigenvalue weighted by Gasteiger charge is -2.15. The van der Waals surface area contributed by atoms with Gasteiger partial charge in [-0.05, 0) is 6.92 Å². The van der Waals surface area contributed by atoms with Crippen molar-refractivity contribution in [1.29, 1.82) is 0 Å². The molecule has 0 aliphatic heterocycles. The molecule has 0 saturated heterocycles. The van der Waals surface area contributed by atoms with E-state index >= 15 is 0 Å². The number of imidazole rings is 2. The fourth-order valence-electron chi connectivity index (χ4n) is 1.94. The van der Waals surface area contributed by atoms with Crippen LogP contribution in [0, 0.1) is 0 Å². The SMILES string of the molecule is COCCn1cncc1CNC(C)Cn1ccnc1. The Morgan fingerprint density at radius 2 is 2.26 bits per heavy atom. The molecule has 104 valence electrons. The summed E-state index contributed by atoms with van der Waals surface area (Å²) in [4.78, 5) is 8.22. The molecular weight excluding hydrogens is 242 g/mol. The molecule has 0 spiro atoms. The molecule has 0 aliphatic rings. The standard InChI is InChI=1S/C13H21N5O/c1-12(9-17-4-3-14-10-17)16-8-13-7-15-11-18(13)5-6-19-2/h3-4,7,10-12,16H,5-6,8-9H2,1-2H3. The second kappa shape index (κ2) is 7.06. The van der Waals surface area contributed by atoms with Crippen molar-refractivity contribution in [2.24, 2.45) is 0 Å². The van der Waals surface area contributed by atoms with Gasteiger partial charge in [-0.1, -0.05) is 0 Å². The summed E-state index contributed by atoms with van der Waals surface area (Å²) < 4.78 is 9.27. The highest BCUT2D eigenvalue weighted by atomic mass is 16.5. The fraction of sp³-hybridized carbons (Fsp3) is 0.538. The van der Waals surface area contributed by atoms with E-state index in [-0.39, 0.29) is 0 Å². The number of hydrogen-bond acceptors (Lipinski definition) is 4. The molecule has 0 saturated carbocycles. The Hall–Kier alpha value is -1.66. The van der Waals surface area contributed by atoms with Crippen molar-refractivity contribution in [3.63, 3.8) is 0 Å². The first kappa shape index (κ1) is 13.8. The smallest absolute Gasteiger partial charge is 0.0949 e. The van der Waals surface area contributed by atoms with E-state index in [0.717, 1.165) is 19.6 Å². The lowest BCUT2D eigenvalue weighted by atomic mass is 10.3. The summed E-state index contributed by atoms with van der Waals surface area (Å²) in [7, 11) is 1.71. The van der Waals surface area contributed by atoms with Gasteiger partial charge in [-0.2, -0.15) is 0 Å². The molecule has 0 fully saturated rings. The molecule has 0 bridgehead atoms. The van der Waals surface area contributed by atoms with E-state index in [1.54, 1.807) is 13.3 Å². The molecular formula is C13H21N5O. The summed E-state index contributed by atoms with van der Waals surface area (Å²) in [5, 5.41) is 3.49. The van der Waals surface area contributed by atoms with Crippen molar-refractivity contribution in [1.82, 2.24) is 24.4 Å². The summed E-state index contributed by atoms with van der Waals surface area (Å²) in [6.45, 7) is 5.42. The van der Waals surface area contributed by atoms with Crippen LogP contribution in [-0.2, 0) is 24.4 Å². The second-order valence-corrected chi connectivity index (χ2v) is 4.61. The minimum Gasteiger partial charge on any atom is -0.383 e. The van der Waals surface area contributed by atoms with Crippen LogP contribution in [0.1, 0.15) is 12.6 Å². The zero-order valence-electron chi connectivity index (χ0n) is 11.5. The largest absolute Gasteiger partial charge is 0.383 e. The van der Waals surface area contributed by atoms with E-state index in [2.05, 4.69) is 31.3 Å². The molecule has 0 aliphatic carbocycles. The summed E-state index contributed by atoms with van der Waals surface area (Å²) in [5.74, 6) is 0. The Kier molecular flexibility index (Phi) is 5.11. The minimum atomic E-state index is 0.375. The van der Waals surface area contributed by atoms with Gasteiger partial charge in [0.2, 0.25) is 0 Å². The minimum absolute atomic E-state index is 0.375. The first-order valence-corrected chi connectivity index (χ1v) is 6.46. The molecule has 1 atom stereocenters. The third-order valence-corrected chi connectivity index (χ3v) is 3.01. The van der Waals surface area contributed by atoms with Crippen LogP contribution in [0.2, 0.25) is 0 Å². The number of methoxy groups -OCH3 is 1. The average molecular weight is 263 g/mol. The number of aromatic nitrogens is 4. The third-order valence-electron chi connectivity index (χ3n) is 3.01. The van der Waals surface area contributed by atoms with Gasteiger partial charge >= 0.3 is 0 Å². The molecule has 2 aromatic rings. The van der Waals surface area contributed by atoms with Crippen LogP contribution in [-0.4, -0.2) is 38.9 Å². The van der Waals surface area contributed by atoms with E-state index in [0.29, 0.717) is 12.6 Å². The summed E-state index contributed by atoms with van der Waals surface area (Å²) >= 11 is 0. The maximum atomic E-state index is 5.09. The van der Waals surface area contributed by atoms with Crippen LogP contribution in [0.3, 0.4) is 0 Å². The first-order chi connectivity index (χ1) is 9.29. The first-order valence-electron chi connectivity index (χ1n) is 6.46. The molecule has 1 unspecified atom stereocenters. The van der Waals surface area contributed by atoms with E-state index in [4.69, 9.17) is 4.74 Å². The Balaban J connectivity index is 1.79. The lowest BCUT2D eigenvalue weighted by Crippen LogP contribution is -2.30. The van der Waals surface area contributed by atoms with Crippen LogP contribution < -0.4 is 5.32 Å². The number of hydrogen-bond donors (Lipinski definition) is 1. The fourth-order valence-corrected chi connectivity index (χ4v) is 1.94. The Bertz CT molecular complexity index is 465. The van der Waals surface area contributed by atoms with Crippen LogP contribution >= 0.6 is 0 Å². The molecule has 2 heterocycles. The predicted octanol–water partition coefficient (Wildman–Crippen LogP) is 0.904. The number of ether oxygens (including phenoxy) is 1. The van der Waals surface area contributed by atoms with Gasteiger partial charge in [0.1, 0.15) is 0 Å². The molecule has 2 aromatic heterocycles. The van der Waals surface area contributed by atoms with Crippen molar-refractivity contribution in [3.05, 3.63) is 36.9 Å². The highest BCUT2D eigenvalue weighted by Gasteiger charge is 2.05. The van der Waals surface area contributed by atoms with E-state index in [9.17, 15) is 0 Å². The van der Waals surface area contributed by atoms with Gasteiger partial charge in [0.25, 0.3) is 0 Å². The third kappa shape index (κ3) is 4.18. The molecule has 6 nitrogen and oxygen atoms in total. The number of rotatable bonds is 8. The van der Waals surface area contributed by atoms with Gasteiger partial charge < -0.3 is 19.2 Å². The zero-order chi connectivity index (χ0) is 13.5. The Morgan fingerprint density at radius 3 is 3.00 bits per heavy atom. The van der Waals surface area contributed by atoms with Crippen LogP contribution in [0.15, 0.2) is 31.2 Å². The monoisotopic (exact) mass is 263 g/mol. The number of nitrogens with zero attached hydrogens (tertiary/aromatic N) is 4. The quantitative estimate of drug-likeness (QED) is 0.769. The van der Waals surface area contributed by atoms with Crippen molar-refractivity contribution >= 4 is 0 Å². The maximum Gasteiger partial charge on any atom is 0.0949 e. The summed E-state index contributed by atoms with van der Waals surface area (Å²) in [6.07, 6.45) is 9.34. The molecule has 0 amide bonds. The van der Waals surface area contributed by atoms with Crippen molar-refractivity contribution in [2.75, 3.05) is 13.7 Å². The summed E-state index contributed by atoms with van der Waals surface area (Å²) in [6, 6.07) is 0.375. The molecule has 19 heavy (non-hydrogen) atoms. The molecule has 0 radical (unpaired) electrons. The molecule has 2 rings (SSSR count). The second-order valence-electron chi connectivity index (χ2n) is 4.61. The number of nitrogens with one attached hydrogen (secondary N) is 1. The van der Waals surface area contributed by atoms with E-state index < -0.39 is 0 Å². The van der Waals surface area contributed by atoms with Gasteiger partial charge in [-0.15, -0.1) is 0 Å². The maximum absolute atomic E-state index is 5.09. The topological polar surface area (TPSA) is 56.9 Å². The van der Waals surface area contributed by atoms with Crippen molar-refractivity contribution < 1.29 is 4.74 Å². The highest BCUT2D eigenvalue weighted by Crippen LogP contribution is 2.00. The lowest BCUT2D eigenvalue weighted by molar-refractivity contribution is 0.186. The summed E-state index contributed by atoms with van der Waals surface area (Å²) in [5.41, 5.74) is 1.18. The van der Waals surface area contributed by atoms with Crippen LogP contribution in [0.4, 0.5) is 0 Å². The van der Waals surface area contributed by atoms with Crippen molar-refractivity contribution in [3.8, 4) is 0 Å². The van der Waals surface area contributed by atoms with Crippen molar-refractivity contribution in [2.45, 2.75) is 32.6 Å². The Morgan fingerprint density at radius 1 is 1.37 bits per heavy atom. The van der Waals surface area contributed by atoms with Gasteiger partial charge in [0, 0.05) is 51.4 Å². The van der Waals surface area contributed by atoms with Crippen LogP contribution in [0.25, 0.3) is 0 Å². The van der Waals surface area contributed by atoms with Gasteiger partial charge in [0.05, 0.1) is 25.0 Å². The Labute approximate surface area is 113 Å². The van der Waals surface area contributed by atoms with E-state index in [1.165, 1.54) is 5.69 Å². The van der Waals surface area contributed by atoms with Gasteiger partial charge in [-0.3, -0.25) is 0 Å². The van der Waals surface area contributed by atoms with E-state index in [1.807, 2.05) is 25.0 Å². The van der Waals surface area contributed by atoms with Gasteiger partial charge in [0.15, 0.2) is 0 Å². The molecule has 0 aromatic carbocycles. The highest BCUT2D eigenvalue weighted by molar-refractivity contribution is 4.98. The zero-order valence-corrected chi connectivity index (χ0v) is 11.5.